The third kappa shape index (κ3) is 3.81. The molecule has 0 fully saturated rings. The van der Waals surface area contributed by atoms with Crippen LogP contribution in [0, 0.1) is 5.92 Å². The van der Waals surface area contributed by atoms with Crippen LogP contribution in [-0.4, -0.2) is 12.3 Å². The summed E-state index contributed by atoms with van der Waals surface area (Å²) in [5.41, 5.74) is 5.28. The first kappa shape index (κ1) is 5.76. The molecule has 0 rings (SSSR count). The summed E-state index contributed by atoms with van der Waals surface area (Å²) in [5.74, 6) is 0.397. The highest BCUT2D eigenvalue weighted by Gasteiger charge is 2.01. The lowest BCUT2D eigenvalue weighted by Crippen LogP contribution is -2.23. The number of nitrogens with two attached hydrogens (primary N) is 1. The smallest absolute Gasteiger partial charge is 0.136 e. The molecular formula is C6H13NO. The van der Waals surface area contributed by atoms with Crippen molar-refractivity contribution in [3.63, 3.8) is 0 Å². The molecule has 0 aromatic carbocycles. The average molecular weight is 116 g/mol. The Morgan fingerprint density at radius 1 is 1.88 bits per heavy atom. The lowest BCUT2D eigenvalue weighted by Gasteiger charge is -2.04. The summed E-state index contributed by atoms with van der Waals surface area (Å²) in [6.07, 6.45) is -0.0498. The maximum absolute atomic E-state index is 10.2. The van der Waals surface area contributed by atoms with E-state index in [1.807, 2.05) is 13.8 Å². The predicted molar refractivity (Wildman–Crippen MR) is 33.5 cm³/mol. The average Bonchev–Trinajstić information content (AvgIpc) is 1.63. The van der Waals surface area contributed by atoms with Crippen molar-refractivity contribution in [2.75, 3.05) is 0 Å². The summed E-state index contributed by atoms with van der Waals surface area (Å²) in [6.45, 7) is 3.95. The topological polar surface area (TPSA) is 43.1 Å². The van der Waals surface area contributed by atoms with Gasteiger partial charge in [0.15, 0.2) is 0 Å². The Morgan fingerprint density at radius 3 is 2.50 bits per heavy atom. The van der Waals surface area contributed by atoms with Gasteiger partial charge in [-0.2, -0.15) is 0 Å². The van der Waals surface area contributed by atoms with Crippen LogP contribution in [0.5, 0.6) is 0 Å². The van der Waals surface area contributed by atoms with Gasteiger partial charge >= 0.3 is 0 Å². The molecule has 0 aromatic heterocycles. The summed E-state index contributed by atoms with van der Waals surface area (Å²) in [4.78, 5) is 10.2. The van der Waals surface area contributed by atoms with E-state index >= 15 is 0 Å². The molecule has 2 nitrogen and oxygen atoms in total. The van der Waals surface area contributed by atoms with Crippen LogP contribution < -0.4 is 5.73 Å². The van der Waals surface area contributed by atoms with Gasteiger partial charge in [0.25, 0.3) is 0 Å². The van der Waals surface area contributed by atoms with Crippen molar-refractivity contribution in [1.29, 1.82) is 0 Å². The molecule has 0 unspecified atom stereocenters. The van der Waals surface area contributed by atoms with Gasteiger partial charge in [-0.1, -0.05) is 13.8 Å². The molecule has 0 aliphatic rings. The largest absolute Gasteiger partial charge is 0.322 e. The summed E-state index contributed by atoms with van der Waals surface area (Å²) in [5, 5.41) is 0. The summed E-state index contributed by atoms with van der Waals surface area (Å²) in [6, 6.07) is -0.579. The van der Waals surface area contributed by atoms with Crippen molar-refractivity contribution in [3.8, 4) is 0 Å². The van der Waals surface area contributed by atoms with Gasteiger partial charge in [-0.05, 0) is 12.3 Å². The number of carbonyl (C=O) groups excluding carboxylic acids is 1. The molecule has 0 radical (unpaired) electrons. The molecule has 0 heterocycles. The van der Waals surface area contributed by atoms with Crippen molar-refractivity contribution >= 4 is 6.26 Å². The molecular weight excluding hydrogens is 102 g/mol. The first-order valence-corrected chi connectivity index (χ1v) is 2.80. The lowest BCUT2D eigenvalue weighted by atomic mass is 10.1. The minimum atomic E-state index is -0.663. The molecule has 0 amide bonds. The molecule has 48 valence electrons. The number of rotatable bonds is 3. The summed E-state index contributed by atoms with van der Waals surface area (Å²) >= 11 is 0. The molecule has 0 bridgehead atoms. The molecule has 8 heavy (non-hydrogen) atoms. The second kappa shape index (κ2) is 3.61. The van der Waals surface area contributed by atoms with E-state index in [4.69, 9.17) is 7.10 Å². The second-order valence-electron chi connectivity index (χ2n) is 2.35. The SMILES string of the molecule is [2H]C(=O)[C@@H](N)CC(C)C. The summed E-state index contributed by atoms with van der Waals surface area (Å²) < 4.78 is 6.61. The number of hydrogen-bond donors (Lipinski definition) is 1. The number of hydrogen-bond acceptors (Lipinski definition) is 2. The first-order chi connectivity index (χ1) is 4.04. The third-order valence-corrected chi connectivity index (χ3v) is 0.877. The van der Waals surface area contributed by atoms with E-state index in [2.05, 4.69) is 0 Å². The van der Waals surface area contributed by atoms with Gasteiger partial charge in [-0.25, -0.2) is 0 Å². The number of carbonyl (C=O) groups is 1. The van der Waals surface area contributed by atoms with E-state index in [1.165, 1.54) is 0 Å². The monoisotopic (exact) mass is 116 g/mol. The fourth-order valence-corrected chi connectivity index (χ4v) is 0.556. The molecule has 2 heteroatoms. The maximum Gasteiger partial charge on any atom is 0.136 e. The molecule has 2 N–H and O–H groups in total. The highest BCUT2D eigenvalue weighted by molar-refractivity contribution is 5.56. The molecule has 0 aliphatic carbocycles. The first-order valence-electron chi connectivity index (χ1n) is 3.30. The summed E-state index contributed by atoms with van der Waals surface area (Å²) in [7, 11) is 0. The molecule has 0 spiro atoms. The molecule has 0 aliphatic heterocycles. The highest BCUT2D eigenvalue weighted by atomic mass is 16.1. The maximum atomic E-state index is 10.2. The van der Waals surface area contributed by atoms with Gasteiger partial charge in [-0.3, -0.25) is 0 Å². The van der Waals surface area contributed by atoms with E-state index in [0.29, 0.717) is 12.3 Å². The highest BCUT2D eigenvalue weighted by Crippen LogP contribution is 1.99. The van der Waals surface area contributed by atoms with Crippen molar-refractivity contribution in [2.45, 2.75) is 26.3 Å². The molecule has 1 atom stereocenters. The normalized spacial score (nSPS) is 15.8. The predicted octanol–water partition coefficient (Wildman–Crippen LogP) is 0.559. The Balaban J connectivity index is 3.50. The standard InChI is InChI=1S/C6H13NO/c1-5(2)3-6(7)4-8/h4-6H,3,7H2,1-2H3/t6-/m0/s1/i4D. The van der Waals surface area contributed by atoms with Gasteiger partial charge in [-0.15, -0.1) is 0 Å². The van der Waals surface area contributed by atoms with Crippen LogP contribution >= 0.6 is 0 Å². The van der Waals surface area contributed by atoms with Crippen LogP contribution in [0.4, 0.5) is 0 Å². The van der Waals surface area contributed by atoms with Crippen LogP contribution in [0.1, 0.15) is 21.6 Å². The van der Waals surface area contributed by atoms with E-state index < -0.39 is 12.3 Å². The van der Waals surface area contributed by atoms with Gasteiger partial charge < -0.3 is 10.5 Å². The molecule has 0 saturated carbocycles. The van der Waals surface area contributed by atoms with Crippen LogP contribution in [0.25, 0.3) is 0 Å². The zero-order valence-corrected chi connectivity index (χ0v) is 5.35. The minimum absolute atomic E-state index is 0.397. The Labute approximate surface area is 51.5 Å². The Morgan fingerprint density at radius 2 is 2.38 bits per heavy atom. The van der Waals surface area contributed by atoms with Gasteiger partial charge in [0, 0.05) is 0 Å². The zero-order chi connectivity index (χ0) is 7.44. The van der Waals surface area contributed by atoms with Gasteiger partial charge in [0.2, 0.25) is 0 Å². The minimum Gasteiger partial charge on any atom is -0.322 e. The van der Waals surface area contributed by atoms with Crippen LogP contribution in [0.2, 0.25) is 0 Å². The Bertz CT molecular complexity index is 103. The van der Waals surface area contributed by atoms with Crippen LogP contribution in [0.3, 0.4) is 0 Å². The number of aldehydes is 1. The van der Waals surface area contributed by atoms with Crippen molar-refractivity contribution in [1.82, 2.24) is 0 Å². The Hall–Kier alpha value is -0.370. The molecule has 0 saturated heterocycles. The Kier molecular flexibility index (Phi) is 2.60. The van der Waals surface area contributed by atoms with Crippen LogP contribution in [-0.2, 0) is 4.79 Å². The third-order valence-electron chi connectivity index (χ3n) is 0.877. The van der Waals surface area contributed by atoms with Crippen molar-refractivity contribution in [3.05, 3.63) is 0 Å². The van der Waals surface area contributed by atoms with Crippen molar-refractivity contribution < 1.29 is 6.17 Å². The van der Waals surface area contributed by atoms with Gasteiger partial charge in [0.1, 0.15) is 7.63 Å². The fourth-order valence-electron chi connectivity index (χ4n) is 0.556. The van der Waals surface area contributed by atoms with Crippen LogP contribution in [0.15, 0.2) is 0 Å². The lowest BCUT2D eigenvalue weighted by molar-refractivity contribution is -0.109. The molecule has 0 aromatic rings. The van der Waals surface area contributed by atoms with E-state index in [0.717, 1.165) is 0 Å². The van der Waals surface area contributed by atoms with E-state index in [9.17, 15) is 4.79 Å². The van der Waals surface area contributed by atoms with Gasteiger partial charge in [0.05, 0.1) is 6.04 Å². The second-order valence-corrected chi connectivity index (χ2v) is 2.35. The van der Waals surface area contributed by atoms with E-state index in [1.54, 1.807) is 0 Å². The zero-order valence-electron chi connectivity index (χ0n) is 6.35. The van der Waals surface area contributed by atoms with Crippen molar-refractivity contribution in [2.24, 2.45) is 11.7 Å². The fraction of sp³-hybridized carbons (Fsp3) is 0.833. The quantitative estimate of drug-likeness (QED) is 0.547. The van der Waals surface area contributed by atoms with E-state index in [-0.39, 0.29) is 0 Å².